The van der Waals surface area contributed by atoms with E-state index in [2.05, 4.69) is 0 Å². The minimum Gasteiger partial charge on any atom is -0.545 e. The van der Waals surface area contributed by atoms with Gasteiger partial charge in [0.15, 0.2) is 0 Å². The van der Waals surface area contributed by atoms with Gasteiger partial charge in [0, 0.05) is 12.2 Å². The van der Waals surface area contributed by atoms with Gasteiger partial charge < -0.3 is 30.0 Å². The standard InChI is InChI=1S/2C4H4O4.2Na/c2*5-3(6)1-2-4(7)8;;/h2*1-2H,(H,5,6)(H,7,8);;/q;;2*+1/p-2/b2*2-1+;;. The molecule has 2 N–H and O–H groups in total. The summed E-state index contributed by atoms with van der Waals surface area (Å²) >= 11 is 0. The predicted molar refractivity (Wildman–Crippen MR) is 43.6 cm³/mol. The fourth-order valence-corrected chi connectivity index (χ4v) is 0.279. The zero-order valence-electron chi connectivity index (χ0n) is 9.65. The maximum absolute atomic E-state index is 9.55. The van der Waals surface area contributed by atoms with Gasteiger partial charge in [0.1, 0.15) is 0 Å². The first-order valence-corrected chi connectivity index (χ1v) is 3.49. The Morgan fingerprint density at radius 2 is 0.889 bits per heavy atom. The van der Waals surface area contributed by atoms with E-state index in [1.807, 2.05) is 0 Å². The second kappa shape index (κ2) is 16.4. The van der Waals surface area contributed by atoms with Crippen LogP contribution in [-0.4, -0.2) is 34.1 Å². The molecule has 88 valence electrons. The molecule has 0 aliphatic rings. The molecule has 0 saturated heterocycles. The van der Waals surface area contributed by atoms with E-state index in [9.17, 15) is 29.4 Å². The van der Waals surface area contributed by atoms with Crippen LogP contribution in [0.3, 0.4) is 0 Å². The number of carboxylic acid groups (broad SMARTS) is 4. The molecule has 0 aliphatic heterocycles. The number of aliphatic carboxylic acids is 4. The molecule has 0 rings (SSSR count). The Morgan fingerprint density at radius 1 is 0.667 bits per heavy atom. The average Bonchev–Trinajstić information content (AvgIpc) is 2.12. The zero-order chi connectivity index (χ0) is 13.1. The molecule has 0 radical (unpaired) electrons. The largest absolute Gasteiger partial charge is 1.00 e. The summed E-state index contributed by atoms with van der Waals surface area (Å²) in [5.41, 5.74) is 0. The molecule has 8 nitrogen and oxygen atoms in total. The summed E-state index contributed by atoms with van der Waals surface area (Å²) in [6.45, 7) is 0. The molecule has 0 aliphatic carbocycles. The molecule has 0 atom stereocenters. The van der Waals surface area contributed by atoms with Crippen LogP contribution < -0.4 is 69.3 Å². The van der Waals surface area contributed by atoms with Crippen molar-refractivity contribution >= 4 is 23.9 Å². The van der Waals surface area contributed by atoms with Crippen molar-refractivity contribution in [1.82, 2.24) is 0 Å². The van der Waals surface area contributed by atoms with E-state index in [1.54, 1.807) is 0 Å². The van der Waals surface area contributed by atoms with E-state index in [-0.39, 0.29) is 59.1 Å². The van der Waals surface area contributed by atoms with Crippen LogP contribution in [0.4, 0.5) is 0 Å². The van der Waals surface area contributed by atoms with E-state index in [1.165, 1.54) is 0 Å². The summed E-state index contributed by atoms with van der Waals surface area (Å²) in [7, 11) is 0. The SMILES string of the molecule is O=C(O)/C=C/C(=O)O.O=C([O-])/C=C/C(=O)[O-].[Na+].[Na+]. The maximum atomic E-state index is 9.55. The van der Waals surface area contributed by atoms with Crippen molar-refractivity contribution in [2.24, 2.45) is 0 Å². The van der Waals surface area contributed by atoms with Gasteiger partial charge in [-0.3, -0.25) is 0 Å². The minimum absolute atomic E-state index is 0. The second-order valence-electron chi connectivity index (χ2n) is 1.98. The molecule has 0 spiro atoms. The topological polar surface area (TPSA) is 155 Å². The maximum Gasteiger partial charge on any atom is 1.00 e. The first-order valence-electron chi connectivity index (χ1n) is 3.49. The third kappa shape index (κ3) is 36.2. The average molecular weight is 276 g/mol. The molecule has 0 aromatic rings. The van der Waals surface area contributed by atoms with Crippen LogP contribution in [0, 0.1) is 0 Å². The summed E-state index contributed by atoms with van der Waals surface area (Å²) in [5, 5.41) is 34.5. The Hall–Kier alpha value is -0.640. The summed E-state index contributed by atoms with van der Waals surface area (Å²) < 4.78 is 0. The van der Waals surface area contributed by atoms with Crippen LogP contribution >= 0.6 is 0 Å². The van der Waals surface area contributed by atoms with Gasteiger partial charge in [-0.15, -0.1) is 0 Å². The molecule has 10 heteroatoms. The Labute approximate surface area is 146 Å². The normalized spacial score (nSPS) is 8.44. The molecule has 0 saturated carbocycles. The van der Waals surface area contributed by atoms with Crippen LogP contribution in [0.5, 0.6) is 0 Å². The van der Waals surface area contributed by atoms with Gasteiger partial charge in [-0.2, -0.15) is 0 Å². The molecular formula is C8H6Na2O8. The van der Waals surface area contributed by atoms with Gasteiger partial charge in [0.05, 0.1) is 11.9 Å². The van der Waals surface area contributed by atoms with Crippen molar-refractivity contribution < 1.29 is 98.7 Å². The van der Waals surface area contributed by atoms with Crippen molar-refractivity contribution in [3.05, 3.63) is 24.3 Å². The number of hydrogen-bond donors (Lipinski definition) is 2. The first kappa shape index (κ1) is 26.0. The number of carbonyl (C=O) groups is 4. The third-order valence-corrected chi connectivity index (χ3v) is 0.724. The van der Waals surface area contributed by atoms with Crippen molar-refractivity contribution in [3.63, 3.8) is 0 Å². The van der Waals surface area contributed by atoms with E-state index < -0.39 is 23.9 Å². The fraction of sp³-hybridized carbons (Fsp3) is 0. The van der Waals surface area contributed by atoms with Crippen LogP contribution in [-0.2, 0) is 19.2 Å². The van der Waals surface area contributed by atoms with Crippen LogP contribution in [0.1, 0.15) is 0 Å². The molecule has 0 fully saturated rings. The monoisotopic (exact) mass is 276 g/mol. The van der Waals surface area contributed by atoms with Crippen molar-refractivity contribution in [3.8, 4) is 0 Å². The third-order valence-electron chi connectivity index (χ3n) is 0.724. The Balaban J connectivity index is -0.0000000980. The Bertz CT molecular complexity index is 281. The second-order valence-corrected chi connectivity index (χ2v) is 1.98. The summed E-state index contributed by atoms with van der Waals surface area (Å²) in [6.07, 6.45) is 1.88. The number of carbonyl (C=O) groups excluding carboxylic acids is 2. The van der Waals surface area contributed by atoms with Crippen molar-refractivity contribution in [1.29, 1.82) is 0 Å². The van der Waals surface area contributed by atoms with E-state index in [0.29, 0.717) is 24.3 Å². The molecule has 0 aromatic heterocycles. The number of carboxylic acids is 4. The Kier molecular flexibility index (Phi) is 23.7. The zero-order valence-corrected chi connectivity index (χ0v) is 13.7. The molecule has 0 bridgehead atoms. The van der Waals surface area contributed by atoms with Crippen molar-refractivity contribution in [2.75, 3.05) is 0 Å². The summed E-state index contributed by atoms with van der Waals surface area (Å²) in [4.78, 5) is 37.9. The van der Waals surface area contributed by atoms with Gasteiger partial charge in [0.25, 0.3) is 0 Å². The molecule has 18 heavy (non-hydrogen) atoms. The smallest absolute Gasteiger partial charge is 0.545 e. The predicted octanol–water partition coefficient (Wildman–Crippen LogP) is -9.24. The minimum atomic E-state index is -1.55. The van der Waals surface area contributed by atoms with Gasteiger partial charge in [-0.05, 0) is 12.2 Å². The summed E-state index contributed by atoms with van der Waals surface area (Å²) in [6, 6.07) is 0. The molecular weight excluding hydrogens is 270 g/mol. The first-order chi connectivity index (χ1) is 7.25. The van der Waals surface area contributed by atoms with Gasteiger partial charge in [-0.1, -0.05) is 0 Å². The van der Waals surface area contributed by atoms with Crippen LogP contribution in [0.25, 0.3) is 0 Å². The van der Waals surface area contributed by atoms with Gasteiger partial charge >= 0.3 is 71.1 Å². The molecule has 0 aromatic carbocycles. The van der Waals surface area contributed by atoms with Gasteiger partial charge in [0.2, 0.25) is 0 Å². The van der Waals surface area contributed by atoms with E-state index in [0.717, 1.165) is 0 Å². The van der Waals surface area contributed by atoms with Crippen LogP contribution in [0.15, 0.2) is 24.3 Å². The van der Waals surface area contributed by atoms with Crippen LogP contribution in [0.2, 0.25) is 0 Å². The van der Waals surface area contributed by atoms with Crippen molar-refractivity contribution in [2.45, 2.75) is 0 Å². The number of rotatable bonds is 4. The molecule has 0 heterocycles. The van der Waals surface area contributed by atoms with E-state index >= 15 is 0 Å². The number of hydrogen-bond acceptors (Lipinski definition) is 6. The quantitative estimate of drug-likeness (QED) is 0.378. The molecule has 0 amide bonds. The summed E-state index contributed by atoms with van der Waals surface area (Å²) in [5.74, 6) is -5.61. The fourth-order valence-electron chi connectivity index (χ4n) is 0.279. The van der Waals surface area contributed by atoms with E-state index in [4.69, 9.17) is 10.2 Å². The Morgan fingerprint density at radius 3 is 1.00 bits per heavy atom. The van der Waals surface area contributed by atoms with Gasteiger partial charge in [-0.25, -0.2) is 9.59 Å². The molecule has 0 unspecified atom stereocenters.